The first-order chi connectivity index (χ1) is 11.4. The second kappa shape index (κ2) is 7.03. The molecule has 1 aliphatic heterocycles. The van der Waals surface area contributed by atoms with Crippen LogP contribution in [0.2, 0.25) is 0 Å². The molecule has 0 aliphatic carbocycles. The highest BCUT2D eigenvalue weighted by Gasteiger charge is 2.24. The lowest BCUT2D eigenvalue weighted by Crippen LogP contribution is -2.40. The second-order valence-corrected chi connectivity index (χ2v) is 7.27. The normalized spacial score (nSPS) is 16.9. The fourth-order valence-corrected chi connectivity index (χ4v) is 3.60. The highest BCUT2D eigenvalue weighted by Crippen LogP contribution is 2.18. The lowest BCUT2D eigenvalue weighted by Gasteiger charge is -2.29. The van der Waals surface area contributed by atoms with Crippen LogP contribution in [0.4, 0.5) is 4.39 Å². The minimum Gasteiger partial charge on any atom is -0.388 e. The van der Waals surface area contributed by atoms with Gasteiger partial charge in [0.15, 0.2) is 0 Å². The number of hydrogen-bond acceptors (Lipinski definition) is 3. The highest BCUT2D eigenvalue weighted by molar-refractivity contribution is 5.18. The van der Waals surface area contributed by atoms with Crippen molar-refractivity contribution >= 4 is 0 Å². The molecule has 0 bridgehead atoms. The zero-order valence-corrected chi connectivity index (χ0v) is 14.5. The molecule has 0 radical (unpaired) electrons. The SMILES string of the molecule is CN(Cc1cn2c(n1)CCCC2)CC(C)(O)Cc1cccc(F)c1. The Morgan fingerprint density at radius 1 is 1.38 bits per heavy atom. The molecular formula is C19H26FN3O. The number of imidazole rings is 1. The van der Waals surface area contributed by atoms with Gasteiger partial charge in [0.05, 0.1) is 11.3 Å². The molecule has 0 saturated heterocycles. The van der Waals surface area contributed by atoms with E-state index in [2.05, 4.69) is 15.7 Å². The molecule has 1 aliphatic rings. The molecule has 0 spiro atoms. The first-order valence-electron chi connectivity index (χ1n) is 8.62. The van der Waals surface area contributed by atoms with Crippen LogP contribution in [-0.2, 0) is 25.9 Å². The second-order valence-electron chi connectivity index (χ2n) is 7.27. The van der Waals surface area contributed by atoms with Crippen molar-refractivity contribution in [3.05, 3.63) is 53.4 Å². The number of aromatic nitrogens is 2. The van der Waals surface area contributed by atoms with Gasteiger partial charge in [-0.3, -0.25) is 4.90 Å². The maximum atomic E-state index is 13.3. The summed E-state index contributed by atoms with van der Waals surface area (Å²) in [7, 11) is 1.98. The molecule has 1 unspecified atom stereocenters. The molecule has 1 atom stereocenters. The summed E-state index contributed by atoms with van der Waals surface area (Å²) in [5, 5.41) is 10.7. The van der Waals surface area contributed by atoms with E-state index in [1.807, 2.05) is 13.1 Å². The van der Waals surface area contributed by atoms with Crippen LogP contribution in [0.25, 0.3) is 0 Å². The standard InChI is InChI=1S/C19H26FN3O/c1-19(24,11-15-6-5-7-16(20)10-15)14-22(2)12-17-13-23-9-4-3-8-18(23)21-17/h5-7,10,13,24H,3-4,8-9,11-12,14H2,1-2H3. The van der Waals surface area contributed by atoms with Gasteiger partial charge >= 0.3 is 0 Å². The van der Waals surface area contributed by atoms with Crippen molar-refractivity contribution in [2.24, 2.45) is 0 Å². The monoisotopic (exact) mass is 331 g/mol. The minimum absolute atomic E-state index is 0.264. The number of nitrogens with zero attached hydrogens (tertiary/aromatic N) is 3. The molecule has 3 rings (SSSR count). The number of aryl methyl sites for hydroxylation is 2. The van der Waals surface area contributed by atoms with Gasteiger partial charge in [-0.05, 0) is 44.5 Å². The summed E-state index contributed by atoms with van der Waals surface area (Å²) in [5.74, 6) is 0.913. The Kier molecular flexibility index (Phi) is 5.01. The number of aliphatic hydroxyl groups is 1. The number of halogens is 1. The van der Waals surface area contributed by atoms with Gasteiger partial charge in [-0.2, -0.15) is 0 Å². The Morgan fingerprint density at radius 3 is 2.96 bits per heavy atom. The molecule has 0 saturated carbocycles. The number of likely N-dealkylation sites (N-methyl/N-ethyl adjacent to an activating group) is 1. The Hall–Kier alpha value is -1.72. The Balaban J connectivity index is 1.58. The minimum atomic E-state index is -0.915. The van der Waals surface area contributed by atoms with E-state index in [1.54, 1.807) is 13.0 Å². The van der Waals surface area contributed by atoms with Crippen molar-refractivity contribution < 1.29 is 9.50 Å². The van der Waals surface area contributed by atoms with E-state index in [1.165, 1.54) is 30.8 Å². The number of hydrogen-bond donors (Lipinski definition) is 1. The predicted molar refractivity (Wildman–Crippen MR) is 92.2 cm³/mol. The Bertz CT molecular complexity index is 672. The van der Waals surface area contributed by atoms with Crippen LogP contribution in [0.5, 0.6) is 0 Å². The molecule has 24 heavy (non-hydrogen) atoms. The third kappa shape index (κ3) is 4.42. The topological polar surface area (TPSA) is 41.3 Å². The maximum absolute atomic E-state index is 13.3. The summed E-state index contributed by atoms with van der Waals surface area (Å²) in [6.07, 6.45) is 6.05. The molecule has 2 aromatic rings. The van der Waals surface area contributed by atoms with Crippen LogP contribution in [0.15, 0.2) is 30.5 Å². The third-order valence-electron chi connectivity index (χ3n) is 4.47. The summed E-state index contributed by atoms with van der Waals surface area (Å²) in [6.45, 7) is 4.07. The Morgan fingerprint density at radius 2 is 2.21 bits per heavy atom. The summed E-state index contributed by atoms with van der Waals surface area (Å²) < 4.78 is 15.5. The van der Waals surface area contributed by atoms with Crippen LogP contribution in [0.1, 0.15) is 36.8 Å². The molecule has 1 aromatic carbocycles. The zero-order chi connectivity index (χ0) is 17.2. The molecule has 0 fully saturated rings. The summed E-state index contributed by atoms with van der Waals surface area (Å²) >= 11 is 0. The molecule has 5 heteroatoms. The third-order valence-corrected chi connectivity index (χ3v) is 4.47. The number of benzene rings is 1. The van der Waals surface area contributed by atoms with E-state index >= 15 is 0 Å². The van der Waals surface area contributed by atoms with E-state index in [-0.39, 0.29) is 5.82 Å². The van der Waals surface area contributed by atoms with Gasteiger partial charge < -0.3 is 9.67 Å². The van der Waals surface area contributed by atoms with Gasteiger partial charge in [0.25, 0.3) is 0 Å². The largest absolute Gasteiger partial charge is 0.388 e. The molecule has 130 valence electrons. The van der Waals surface area contributed by atoms with Crippen LogP contribution in [0, 0.1) is 5.82 Å². The number of fused-ring (bicyclic) bond motifs is 1. The van der Waals surface area contributed by atoms with Gasteiger partial charge in [0.1, 0.15) is 11.6 Å². The van der Waals surface area contributed by atoms with Crippen molar-refractivity contribution in [2.75, 3.05) is 13.6 Å². The van der Waals surface area contributed by atoms with Gasteiger partial charge in [0.2, 0.25) is 0 Å². The van der Waals surface area contributed by atoms with E-state index in [0.717, 1.165) is 24.2 Å². The molecule has 4 nitrogen and oxygen atoms in total. The van der Waals surface area contributed by atoms with Crippen LogP contribution in [0.3, 0.4) is 0 Å². The highest BCUT2D eigenvalue weighted by atomic mass is 19.1. The van der Waals surface area contributed by atoms with Crippen LogP contribution < -0.4 is 0 Å². The first-order valence-corrected chi connectivity index (χ1v) is 8.62. The van der Waals surface area contributed by atoms with Crippen LogP contribution in [-0.4, -0.2) is 38.8 Å². The fraction of sp³-hybridized carbons (Fsp3) is 0.526. The Labute approximate surface area is 142 Å². The summed E-state index contributed by atoms with van der Waals surface area (Å²) in [6, 6.07) is 6.43. The fourth-order valence-electron chi connectivity index (χ4n) is 3.60. The van der Waals surface area contributed by atoms with Crippen molar-refractivity contribution in [3.8, 4) is 0 Å². The predicted octanol–water partition coefficient (Wildman–Crippen LogP) is 2.78. The van der Waals surface area contributed by atoms with Gasteiger partial charge in [-0.1, -0.05) is 12.1 Å². The average molecular weight is 331 g/mol. The summed E-state index contributed by atoms with van der Waals surface area (Å²) in [5.41, 5.74) is 0.948. The van der Waals surface area contributed by atoms with Crippen molar-refractivity contribution in [1.29, 1.82) is 0 Å². The number of rotatable bonds is 6. The quantitative estimate of drug-likeness (QED) is 0.885. The van der Waals surface area contributed by atoms with Crippen molar-refractivity contribution in [1.82, 2.24) is 14.5 Å². The zero-order valence-electron chi connectivity index (χ0n) is 14.5. The van der Waals surface area contributed by atoms with E-state index in [4.69, 9.17) is 4.98 Å². The van der Waals surface area contributed by atoms with Gasteiger partial charge in [0, 0.05) is 38.7 Å². The lowest BCUT2D eigenvalue weighted by molar-refractivity contribution is 0.0251. The average Bonchev–Trinajstić information content (AvgIpc) is 2.87. The van der Waals surface area contributed by atoms with E-state index in [0.29, 0.717) is 19.5 Å². The molecule has 1 aromatic heterocycles. The van der Waals surface area contributed by atoms with E-state index in [9.17, 15) is 9.50 Å². The first kappa shape index (κ1) is 17.1. The van der Waals surface area contributed by atoms with Gasteiger partial charge in [-0.25, -0.2) is 9.37 Å². The molecule has 2 heterocycles. The molecule has 1 N–H and O–H groups in total. The van der Waals surface area contributed by atoms with Crippen LogP contribution >= 0.6 is 0 Å². The smallest absolute Gasteiger partial charge is 0.123 e. The van der Waals surface area contributed by atoms with Gasteiger partial charge in [-0.15, -0.1) is 0 Å². The summed E-state index contributed by atoms with van der Waals surface area (Å²) in [4.78, 5) is 6.78. The maximum Gasteiger partial charge on any atom is 0.123 e. The van der Waals surface area contributed by atoms with E-state index < -0.39 is 5.60 Å². The molecular weight excluding hydrogens is 305 g/mol. The van der Waals surface area contributed by atoms with Crippen molar-refractivity contribution in [2.45, 2.75) is 51.3 Å². The van der Waals surface area contributed by atoms with Crippen molar-refractivity contribution in [3.63, 3.8) is 0 Å². The lowest BCUT2D eigenvalue weighted by atomic mass is 9.96. The molecule has 0 amide bonds.